The van der Waals surface area contributed by atoms with Crippen LogP contribution in [0, 0.1) is 0 Å². The summed E-state index contributed by atoms with van der Waals surface area (Å²) in [4.78, 5) is 22.6. The Labute approximate surface area is 180 Å². The predicted molar refractivity (Wildman–Crippen MR) is 116 cm³/mol. The van der Waals surface area contributed by atoms with Crippen LogP contribution in [0.15, 0.2) is 24.0 Å². The highest BCUT2D eigenvalue weighted by Gasteiger charge is 2.27. The van der Waals surface area contributed by atoms with Crippen molar-refractivity contribution in [3.05, 3.63) is 41.0 Å². The molecule has 30 heavy (non-hydrogen) atoms. The molecule has 0 saturated carbocycles. The van der Waals surface area contributed by atoms with Gasteiger partial charge in [0.25, 0.3) is 0 Å². The van der Waals surface area contributed by atoms with Gasteiger partial charge in [-0.05, 0) is 24.5 Å². The third kappa shape index (κ3) is 3.06. The molecule has 1 N–H and O–H groups in total. The molecule has 1 aromatic rings. The fourth-order valence-electron chi connectivity index (χ4n) is 4.15. The maximum Gasteiger partial charge on any atom is 0.241 e. The van der Waals surface area contributed by atoms with Gasteiger partial charge in [-0.1, -0.05) is 25.4 Å². The first-order valence-corrected chi connectivity index (χ1v) is 10.8. The largest absolute Gasteiger partial charge is 0.423 e. The minimum Gasteiger partial charge on any atom is -0.423 e. The lowest BCUT2D eigenvalue weighted by molar-refractivity contribution is 0.185. The van der Waals surface area contributed by atoms with Crippen molar-refractivity contribution in [3.63, 3.8) is 0 Å². The summed E-state index contributed by atoms with van der Waals surface area (Å²) >= 11 is 6.44. The van der Waals surface area contributed by atoms with Crippen molar-refractivity contribution in [2.24, 2.45) is 0 Å². The van der Waals surface area contributed by atoms with E-state index in [-0.39, 0.29) is 0 Å². The lowest BCUT2D eigenvalue weighted by Crippen LogP contribution is -2.48. The number of piperazine rings is 1. The summed E-state index contributed by atoms with van der Waals surface area (Å²) in [5, 5.41) is 11.5. The van der Waals surface area contributed by atoms with Gasteiger partial charge in [0, 0.05) is 61.8 Å². The van der Waals surface area contributed by atoms with Gasteiger partial charge < -0.3 is 15.0 Å². The van der Waals surface area contributed by atoms with Gasteiger partial charge in [-0.2, -0.15) is 0 Å². The van der Waals surface area contributed by atoms with Crippen LogP contribution in [0.25, 0.3) is 16.4 Å². The summed E-state index contributed by atoms with van der Waals surface area (Å²) < 4.78 is 1.11. The molecule has 3 aliphatic heterocycles. The minimum atomic E-state index is 0.515. The van der Waals surface area contributed by atoms with Crippen molar-refractivity contribution in [3.8, 4) is 11.4 Å². The van der Waals surface area contributed by atoms with Crippen LogP contribution in [-0.2, 0) is 12.8 Å². The van der Waals surface area contributed by atoms with Gasteiger partial charge in [0.2, 0.25) is 11.9 Å². The van der Waals surface area contributed by atoms with Crippen LogP contribution in [0.3, 0.4) is 0 Å². The van der Waals surface area contributed by atoms with Crippen molar-refractivity contribution in [2.75, 3.05) is 36.0 Å². The van der Waals surface area contributed by atoms with Gasteiger partial charge in [0.1, 0.15) is 0 Å². The van der Waals surface area contributed by atoms with Crippen LogP contribution >= 0.6 is 11.6 Å². The normalized spacial score (nSPS) is 16.6. The fraction of sp³-hybridized carbons (Fsp3) is 0.429. The Morgan fingerprint density at radius 3 is 2.50 bits per heavy atom. The first kappa shape index (κ1) is 19.1. The number of hydrogen-bond donors (Lipinski definition) is 1. The second-order valence-electron chi connectivity index (χ2n) is 7.70. The SMILES string of the molecule is CCC1=C(Cl)c2cnc(N3CCN(c4ncc5cc(CC)nc-5n4O)CC3)nc2C1. The number of hydrogen-bond acceptors (Lipinski definition) is 7. The van der Waals surface area contributed by atoms with Crippen molar-refractivity contribution in [1.29, 1.82) is 0 Å². The molecule has 5 rings (SSSR count). The molecule has 1 aliphatic carbocycles. The third-order valence-corrected chi connectivity index (χ3v) is 6.43. The highest BCUT2D eigenvalue weighted by atomic mass is 35.5. The van der Waals surface area contributed by atoms with E-state index < -0.39 is 0 Å². The molecule has 0 radical (unpaired) electrons. The first-order chi connectivity index (χ1) is 14.6. The molecule has 4 aliphatic rings. The zero-order valence-electron chi connectivity index (χ0n) is 17.1. The van der Waals surface area contributed by atoms with E-state index in [1.54, 1.807) is 6.20 Å². The summed E-state index contributed by atoms with van der Waals surface area (Å²) in [7, 11) is 0. The zero-order chi connectivity index (χ0) is 20.8. The van der Waals surface area contributed by atoms with Crippen molar-refractivity contribution < 1.29 is 5.21 Å². The van der Waals surface area contributed by atoms with Crippen LogP contribution in [0.1, 0.15) is 37.2 Å². The molecule has 0 bridgehead atoms. The Morgan fingerprint density at radius 2 is 1.77 bits per heavy atom. The van der Waals surface area contributed by atoms with Gasteiger partial charge in [-0.25, -0.2) is 19.9 Å². The maximum atomic E-state index is 10.7. The van der Waals surface area contributed by atoms with Crippen LogP contribution < -0.4 is 9.80 Å². The number of anilines is 2. The average Bonchev–Trinajstić information content (AvgIpc) is 3.35. The molecule has 0 aromatic carbocycles. The number of halogens is 1. The molecule has 4 heterocycles. The highest BCUT2D eigenvalue weighted by Crippen LogP contribution is 2.36. The third-order valence-electron chi connectivity index (χ3n) is 5.96. The summed E-state index contributed by atoms with van der Waals surface area (Å²) in [6.45, 7) is 7.07. The van der Waals surface area contributed by atoms with Gasteiger partial charge in [-0.15, -0.1) is 4.73 Å². The Bertz CT molecular complexity index is 1100. The first-order valence-electron chi connectivity index (χ1n) is 10.4. The van der Waals surface area contributed by atoms with E-state index in [1.165, 1.54) is 5.57 Å². The highest BCUT2D eigenvalue weighted by molar-refractivity contribution is 6.49. The standard InChI is InChI=1S/C21H24ClN7O/c1-3-13-10-17-16(18(13)22)12-23-20(26-17)27-5-7-28(8-6-27)21-24-11-14-9-15(4-2)25-19(14)29(21)30/h9,11-12,30H,3-8,10H2,1-2H3. The molecular formula is C21H24ClN7O. The molecule has 0 amide bonds. The van der Waals surface area contributed by atoms with Gasteiger partial charge >= 0.3 is 0 Å². The van der Waals surface area contributed by atoms with Crippen LogP contribution in [0.2, 0.25) is 0 Å². The molecule has 1 saturated heterocycles. The number of nitrogens with zero attached hydrogens (tertiary/aromatic N) is 7. The topological polar surface area (TPSA) is 83.2 Å². The average molecular weight is 426 g/mol. The van der Waals surface area contributed by atoms with Gasteiger partial charge in [0.05, 0.1) is 10.7 Å². The minimum absolute atomic E-state index is 0.515. The summed E-state index contributed by atoms with van der Waals surface area (Å²) in [5.41, 5.74) is 5.00. The number of rotatable bonds is 4. The van der Waals surface area contributed by atoms with E-state index in [0.29, 0.717) is 24.9 Å². The van der Waals surface area contributed by atoms with Crippen LogP contribution in [0.4, 0.5) is 11.9 Å². The Kier molecular flexibility index (Phi) is 4.73. The van der Waals surface area contributed by atoms with E-state index in [4.69, 9.17) is 16.6 Å². The number of allylic oxidation sites excluding steroid dienone is 1. The molecule has 1 aromatic heterocycles. The van der Waals surface area contributed by atoms with Crippen molar-refractivity contribution in [2.45, 2.75) is 33.1 Å². The predicted octanol–water partition coefficient (Wildman–Crippen LogP) is 3.22. The lowest BCUT2D eigenvalue weighted by Gasteiger charge is -2.35. The van der Waals surface area contributed by atoms with E-state index in [2.05, 4.69) is 31.7 Å². The Balaban J connectivity index is 1.32. The molecule has 0 spiro atoms. The molecule has 156 valence electrons. The van der Waals surface area contributed by atoms with E-state index in [1.807, 2.05) is 19.2 Å². The smallest absolute Gasteiger partial charge is 0.241 e. The molecule has 9 heteroatoms. The molecule has 8 nitrogen and oxygen atoms in total. The summed E-state index contributed by atoms with van der Waals surface area (Å²) in [6.07, 6.45) is 6.19. The van der Waals surface area contributed by atoms with E-state index in [9.17, 15) is 5.21 Å². The number of aromatic nitrogens is 5. The van der Waals surface area contributed by atoms with E-state index in [0.717, 1.165) is 70.6 Å². The second-order valence-corrected chi connectivity index (χ2v) is 8.08. The maximum absolute atomic E-state index is 10.7. The number of aryl methyl sites for hydroxylation is 1. The molecule has 1 fully saturated rings. The van der Waals surface area contributed by atoms with Crippen LogP contribution in [0.5, 0.6) is 0 Å². The monoisotopic (exact) mass is 425 g/mol. The Morgan fingerprint density at radius 1 is 1.00 bits per heavy atom. The molecule has 0 atom stereocenters. The van der Waals surface area contributed by atoms with Crippen LogP contribution in [-0.4, -0.2) is 56.1 Å². The summed E-state index contributed by atoms with van der Waals surface area (Å²) in [6, 6.07) is 1.97. The van der Waals surface area contributed by atoms with Crippen molar-refractivity contribution in [1.82, 2.24) is 24.7 Å². The molecular weight excluding hydrogens is 402 g/mol. The Hall–Kier alpha value is -2.87. The number of fused-ring (bicyclic) bond motifs is 2. The van der Waals surface area contributed by atoms with Crippen molar-refractivity contribution >= 4 is 28.5 Å². The molecule has 0 unspecified atom stereocenters. The fourth-order valence-corrected chi connectivity index (χ4v) is 4.51. The van der Waals surface area contributed by atoms with Gasteiger partial charge in [0.15, 0.2) is 5.82 Å². The lowest BCUT2D eigenvalue weighted by atomic mass is 10.2. The quantitative estimate of drug-likeness (QED) is 0.642. The summed E-state index contributed by atoms with van der Waals surface area (Å²) in [5.74, 6) is 1.81. The van der Waals surface area contributed by atoms with E-state index >= 15 is 0 Å². The van der Waals surface area contributed by atoms with Gasteiger partial charge in [-0.3, -0.25) is 0 Å². The zero-order valence-corrected chi connectivity index (χ0v) is 17.9. The second kappa shape index (κ2) is 7.43.